The Morgan fingerprint density at radius 3 is 2.78 bits per heavy atom. The van der Waals surface area contributed by atoms with Crippen molar-refractivity contribution in [1.29, 1.82) is 5.41 Å². The summed E-state index contributed by atoms with van der Waals surface area (Å²) in [5.74, 6) is 0.939. The van der Waals surface area contributed by atoms with E-state index in [9.17, 15) is 0 Å². The van der Waals surface area contributed by atoms with Crippen LogP contribution in [0.4, 0.5) is 0 Å². The molecule has 1 aromatic rings. The van der Waals surface area contributed by atoms with Crippen molar-refractivity contribution in [2.24, 2.45) is 11.7 Å². The molecule has 1 aromatic carbocycles. The molecule has 0 saturated carbocycles. The number of nitrogens with one attached hydrogen (secondary N) is 1. The van der Waals surface area contributed by atoms with E-state index in [0.717, 1.165) is 24.6 Å². The summed E-state index contributed by atoms with van der Waals surface area (Å²) in [6.07, 6.45) is 2.59. The molecule has 0 amide bonds. The quantitative estimate of drug-likeness (QED) is 0.635. The Morgan fingerprint density at radius 2 is 2.06 bits per heavy atom. The number of nitrogens with two attached hydrogens (primary N) is 1. The number of likely N-dealkylation sites (tertiary alicyclic amines) is 1. The van der Waals surface area contributed by atoms with Crippen LogP contribution >= 0.6 is 0 Å². The second-order valence-corrected chi connectivity index (χ2v) is 5.53. The Balaban J connectivity index is 2.15. The highest BCUT2D eigenvalue weighted by molar-refractivity contribution is 5.96. The molecule has 2 rings (SSSR count). The normalized spacial score (nSPS) is 25.0. The molecule has 3 nitrogen and oxygen atoms in total. The molecule has 3 heteroatoms. The molecular formula is C15H23N3. The van der Waals surface area contributed by atoms with Gasteiger partial charge in [-0.2, -0.15) is 0 Å². The van der Waals surface area contributed by atoms with Gasteiger partial charge in [0.05, 0.1) is 0 Å². The van der Waals surface area contributed by atoms with E-state index in [-0.39, 0.29) is 5.84 Å². The van der Waals surface area contributed by atoms with Gasteiger partial charge in [-0.3, -0.25) is 10.3 Å². The van der Waals surface area contributed by atoms with Crippen LogP contribution in [0.3, 0.4) is 0 Å². The summed E-state index contributed by atoms with van der Waals surface area (Å²) in [4.78, 5) is 2.51. The van der Waals surface area contributed by atoms with Gasteiger partial charge in [-0.25, -0.2) is 0 Å². The largest absolute Gasteiger partial charge is 0.384 e. The fourth-order valence-electron chi connectivity index (χ4n) is 2.74. The summed E-state index contributed by atoms with van der Waals surface area (Å²) in [6, 6.07) is 8.63. The Kier molecular flexibility index (Phi) is 4.02. The zero-order valence-electron chi connectivity index (χ0n) is 11.3. The first-order chi connectivity index (χ1) is 8.58. The van der Waals surface area contributed by atoms with Crippen LogP contribution in [-0.2, 0) is 6.54 Å². The molecule has 1 fully saturated rings. The topological polar surface area (TPSA) is 53.1 Å². The highest BCUT2D eigenvalue weighted by Gasteiger charge is 2.23. The van der Waals surface area contributed by atoms with Gasteiger partial charge < -0.3 is 5.73 Å². The first kappa shape index (κ1) is 13.1. The van der Waals surface area contributed by atoms with E-state index in [1.54, 1.807) is 0 Å². The number of hydrogen-bond acceptors (Lipinski definition) is 2. The number of nitrogens with zero attached hydrogens (tertiary/aromatic N) is 1. The third-order valence-electron chi connectivity index (χ3n) is 3.93. The van der Waals surface area contributed by atoms with Crippen molar-refractivity contribution in [3.05, 3.63) is 35.4 Å². The van der Waals surface area contributed by atoms with Gasteiger partial charge in [0.15, 0.2) is 0 Å². The van der Waals surface area contributed by atoms with Crippen molar-refractivity contribution < 1.29 is 0 Å². The molecule has 1 aliphatic heterocycles. The van der Waals surface area contributed by atoms with Crippen molar-refractivity contribution in [1.82, 2.24) is 4.90 Å². The molecule has 98 valence electrons. The smallest absolute Gasteiger partial charge is 0.123 e. The summed E-state index contributed by atoms with van der Waals surface area (Å²) in [6.45, 7) is 6.66. The van der Waals surface area contributed by atoms with Crippen molar-refractivity contribution in [2.45, 2.75) is 39.3 Å². The molecule has 2 unspecified atom stereocenters. The lowest BCUT2D eigenvalue weighted by atomic mass is 9.94. The van der Waals surface area contributed by atoms with Crippen molar-refractivity contribution >= 4 is 5.84 Å². The summed E-state index contributed by atoms with van der Waals surface area (Å²) in [5.41, 5.74) is 7.70. The van der Waals surface area contributed by atoms with Gasteiger partial charge >= 0.3 is 0 Å². The summed E-state index contributed by atoms with van der Waals surface area (Å²) < 4.78 is 0. The monoisotopic (exact) mass is 245 g/mol. The van der Waals surface area contributed by atoms with Crippen LogP contribution in [-0.4, -0.2) is 23.3 Å². The maximum atomic E-state index is 7.64. The lowest BCUT2D eigenvalue weighted by Crippen LogP contribution is -2.40. The lowest BCUT2D eigenvalue weighted by molar-refractivity contribution is 0.117. The molecule has 0 spiro atoms. The van der Waals surface area contributed by atoms with E-state index in [4.69, 9.17) is 11.1 Å². The molecule has 0 aliphatic carbocycles. The van der Waals surface area contributed by atoms with Crippen LogP contribution in [0.5, 0.6) is 0 Å². The minimum Gasteiger partial charge on any atom is -0.384 e. The van der Waals surface area contributed by atoms with E-state index < -0.39 is 0 Å². The lowest BCUT2D eigenvalue weighted by Gasteiger charge is -2.37. The average Bonchev–Trinajstić information content (AvgIpc) is 2.34. The first-order valence-corrected chi connectivity index (χ1v) is 6.74. The maximum absolute atomic E-state index is 7.64. The maximum Gasteiger partial charge on any atom is 0.123 e. The van der Waals surface area contributed by atoms with Gasteiger partial charge in [-0.05, 0) is 31.2 Å². The molecule has 1 heterocycles. The number of amidine groups is 1. The van der Waals surface area contributed by atoms with Crippen molar-refractivity contribution in [2.75, 3.05) is 6.54 Å². The molecule has 1 saturated heterocycles. The highest BCUT2D eigenvalue weighted by atomic mass is 15.2. The third-order valence-corrected chi connectivity index (χ3v) is 3.93. The predicted molar refractivity (Wildman–Crippen MR) is 75.7 cm³/mol. The Bertz CT molecular complexity index is 428. The van der Waals surface area contributed by atoms with E-state index in [1.807, 2.05) is 18.2 Å². The molecular weight excluding hydrogens is 222 g/mol. The van der Waals surface area contributed by atoms with E-state index >= 15 is 0 Å². The fourth-order valence-corrected chi connectivity index (χ4v) is 2.74. The second-order valence-electron chi connectivity index (χ2n) is 5.53. The molecule has 18 heavy (non-hydrogen) atoms. The minimum atomic E-state index is 0.170. The second kappa shape index (κ2) is 5.53. The predicted octanol–water partition coefficient (Wildman–Crippen LogP) is 2.59. The molecule has 2 atom stereocenters. The van der Waals surface area contributed by atoms with Crippen LogP contribution in [0.25, 0.3) is 0 Å². The van der Waals surface area contributed by atoms with E-state index in [0.29, 0.717) is 6.04 Å². The van der Waals surface area contributed by atoms with Gasteiger partial charge in [0.2, 0.25) is 0 Å². The molecule has 1 aliphatic rings. The molecule has 3 N–H and O–H groups in total. The van der Waals surface area contributed by atoms with Crippen LogP contribution in [0.2, 0.25) is 0 Å². The highest BCUT2D eigenvalue weighted by Crippen LogP contribution is 2.24. The van der Waals surface area contributed by atoms with Gasteiger partial charge in [0.25, 0.3) is 0 Å². The molecule has 0 radical (unpaired) electrons. The van der Waals surface area contributed by atoms with Gasteiger partial charge in [-0.15, -0.1) is 0 Å². The Hall–Kier alpha value is -1.35. The van der Waals surface area contributed by atoms with Crippen molar-refractivity contribution in [3.8, 4) is 0 Å². The number of hydrogen-bond donors (Lipinski definition) is 2. The minimum absolute atomic E-state index is 0.170. The van der Waals surface area contributed by atoms with Crippen LogP contribution in [0, 0.1) is 11.3 Å². The Morgan fingerprint density at radius 1 is 1.33 bits per heavy atom. The van der Waals surface area contributed by atoms with E-state index in [2.05, 4.69) is 24.8 Å². The first-order valence-electron chi connectivity index (χ1n) is 6.74. The SMILES string of the molecule is CC1CCC(C)N(Cc2ccccc2C(=N)N)C1. The van der Waals surface area contributed by atoms with Crippen molar-refractivity contribution in [3.63, 3.8) is 0 Å². The fraction of sp³-hybridized carbons (Fsp3) is 0.533. The average molecular weight is 245 g/mol. The standard InChI is InChI=1S/C15H23N3/c1-11-7-8-12(2)18(9-11)10-13-5-3-4-6-14(13)15(16)17/h3-6,11-12H,7-10H2,1-2H3,(H3,16,17). The van der Waals surface area contributed by atoms with Gasteiger partial charge in [0.1, 0.15) is 5.84 Å². The summed E-state index contributed by atoms with van der Waals surface area (Å²) in [5, 5.41) is 7.64. The van der Waals surface area contributed by atoms with Crippen LogP contribution in [0.15, 0.2) is 24.3 Å². The van der Waals surface area contributed by atoms with Gasteiger partial charge in [-0.1, -0.05) is 31.2 Å². The summed E-state index contributed by atoms with van der Waals surface area (Å²) >= 11 is 0. The summed E-state index contributed by atoms with van der Waals surface area (Å²) in [7, 11) is 0. The molecule has 0 bridgehead atoms. The van der Waals surface area contributed by atoms with Crippen LogP contribution in [0.1, 0.15) is 37.8 Å². The van der Waals surface area contributed by atoms with E-state index in [1.165, 1.54) is 18.4 Å². The number of piperidine rings is 1. The number of rotatable bonds is 3. The zero-order chi connectivity index (χ0) is 13.1. The van der Waals surface area contributed by atoms with Crippen LogP contribution < -0.4 is 5.73 Å². The molecule has 0 aromatic heterocycles. The van der Waals surface area contributed by atoms with Gasteiger partial charge in [0, 0.05) is 24.7 Å². The number of nitrogen functional groups attached to an aromatic ring is 1. The third kappa shape index (κ3) is 2.91. The number of benzene rings is 1. The zero-order valence-corrected chi connectivity index (χ0v) is 11.3. The Labute approximate surface area is 109 Å².